The number of hydrogen-bond acceptors (Lipinski definition) is 6. The maximum Gasteiger partial charge on any atom is 0.285 e. The second kappa shape index (κ2) is 7.26. The van der Waals surface area contributed by atoms with E-state index in [9.17, 15) is 19.2 Å². The van der Waals surface area contributed by atoms with Gasteiger partial charge in [-0.2, -0.15) is 0 Å². The van der Waals surface area contributed by atoms with E-state index in [0.29, 0.717) is 11.1 Å². The summed E-state index contributed by atoms with van der Waals surface area (Å²) in [5, 5.41) is 9.81. The molecular weight excluding hydrogens is 340 g/mol. The molecule has 0 aromatic heterocycles. The number of hydroxylamine groups is 4. The summed E-state index contributed by atoms with van der Waals surface area (Å²) >= 11 is 0. The summed E-state index contributed by atoms with van der Waals surface area (Å²) < 4.78 is 0. The first-order chi connectivity index (χ1) is 12.0. The number of carbonyl (C=O) groups excluding carboxylic acids is 4. The van der Waals surface area contributed by atoms with E-state index in [-0.39, 0.29) is 23.6 Å². The third kappa shape index (κ3) is 2.87. The van der Waals surface area contributed by atoms with Crippen LogP contribution < -0.4 is 0 Å². The Bertz CT molecular complexity index is 838. The van der Waals surface area contributed by atoms with Crippen LogP contribution in [0.1, 0.15) is 48.9 Å². The average molecular weight is 356 g/mol. The zero-order valence-corrected chi connectivity index (χ0v) is 13.0. The lowest BCUT2D eigenvalue weighted by atomic mass is 10.1. The van der Waals surface area contributed by atoms with E-state index in [0.717, 1.165) is 5.06 Å². The summed E-state index contributed by atoms with van der Waals surface area (Å²) in [6.07, 6.45) is 0. The molecule has 4 amide bonds. The number of nitrogens with zero attached hydrogens (tertiary/aromatic N) is 2. The summed E-state index contributed by atoms with van der Waals surface area (Å²) in [6.45, 7) is 0. The molecule has 26 heavy (non-hydrogen) atoms. The Labute approximate surface area is 149 Å². The molecule has 0 radical (unpaired) electrons. The number of rotatable bonds is 1. The molecular formula is C18H16N2O6. The Morgan fingerprint density at radius 1 is 0.692 bits per heavy atom. The molecule has 2 aliphatic heterocycles. The highest BCUT2D eigenvalue weighted by Gasteiger charge is 2.35. The van der Waals surface area contributed by atoms with Crippen LogP contribution in [-0.4, -0.2) is 46.1 Å². The van der Waals surface area contributed by atoms with Crippen molar-refractivity contribution in [3.05, 3.63) is 70.8 Å². The number of imide groups is 2. The van der Waals surface area contributed by atoms with E-state index < -0.39 is 23.6 Å². The highest BCUT2D eigenvalue weighted by molar-refractivity contribution is 6.21. The molecule has 134 valence electrons. The third-order valence-electron chi connectivity index (χ3n) is 3.71. The van der Waals surface area contributed by atoms with Crippen LogP contribution >= 0.6 is 0 Å². The Morgan fingerprint density at radius 2 is 1.00 bits per heavy atom. The second-order valence-electron chi connectivity index (χ2n) is 5.10. The van der Waals surface area contributed by atoms with Gasteiger partial charge in [0, 0.05) is 0 Å². The number of amides is 4. The fourth-order valence-electron chi connectivity index (χ4n) is 2.51. The standard InChI is InChI=1S/C9H7NO3.C8H5NO3.CH4/c1-13-10-8(11)6-4-2-3-5-7(6)9(10)12;10-7-5-3-1-2-4-6(5)8(11)9(7)12;/h2-5H,1H3;1-4,12H;1H4. The van der Waals surface area contributed by atoms with Crippen LogP contribution in [0.4, 0.5) is 0 Å². The van der Waals surface area contributed by atoms with Crippen molar-refractivity contribution in [2.24, 2.45) is 0 Å². The van der Waals surface area contributed by atoms with Gasteiger partial charge in [-0.3, -0.25) is 29.2 Å². The quantitative estimate of drug-likeness (QED) is 0.620. The van der Waals surface area contributed by atoms with E-state index in [4.69, 9.17) is 5.21 Å². The fraction of sp³-hybridized carbons (Fsp3) is 0.111. The van der Waals surface area contributed by atoms with Crippen molar-refractivity contribution in [1.82, 2.24) is 10.1 Å². The minimum atomic E-state index is -0.657. The molecule has 4 rings (SSSR count). The van der Waals surface area contributed by atoms with Gasteiger partial charge in [-0.1, -0.05) is 31.7 Å². The average Bonchev–Trinajstić information content (AvgIpc) is 3.02. The molecule has 0 unspecified atom stereocenters. The Hall–Kier alpha value is -3.36. The second-order valence-corrected chi connectivity index (χ2v) is 5.10. The van der Waals surface area contributed by atoms with Gasteiger partial charge in [0.05, 0.1) is 29.4 Å². The normalized spacial score (nSPS) is 14.5. The SMILES string of the molecule is C.CON1C(=O)c2ccccc2C1=O.O=C1c2ccccc2C(=O)N1O. The smallest absolute Gasteiger partial charge is 0.278 e. The largest absolute Gasteiger partial charge is 0.285 e. The molecule has 0 atom stereocenters. The molecule has 0 fully saturated rings. The summed E-state index contributed by atoms with van der Waals surface area (Å²) in [4.78, 5) is 49.6. The highest BCUT2D eigenvalue weighted by Crippen LogP contribution is 2.22. The van der Waals surface area contributed by atoms with Crippen LogP contribution in [0.2, 0.25) is 0 Å². The molecule has 2 heterocycles. The first-order valence-electron chi connectivity index (χ1n) is 7.16. The van der Waals surface area contributed by atoms with Crippen molar-refractivity contribution in [3.8, 4) is 0 Å². The maximum absolute atomic E-state index is 11.4. The first-order valence-corrected chi connectivity index (χ1v) is 7.16. The van der Waals surface area contributed by atoms with Gasteiger partial charge in [-0.05, 0) is 24.3 Å². The minimum absolute atomic E-state index is 0. The van der Waals surface area contributed by atoms with Crippen molar-refractivity contribution < 1.29 is 29.2 Å². The zero-order chi connectivity index (χ0) is 18.1. The number of benzene rings is 2. The van der Waals surface area contributed by atoms with Crippen molar-refractivity contribution in [3.63, 3.8) is 0 Å². The molecule has 2 aromatic rings. The van der Waals surface area contributed by atoms with Gasteiger partial charge >= 0.3 is 0 Å². The van der Waals surface area contributed by atoms with E-state index in [1.165, 1.54) is 19.2 Å². The van der Waals surface area contributed by atoms with Crippen LogP contribution in [0.15, 0.2) is 48.5 Å². The van der Waals surface area contributed by atoms with Gasteiger partial charge in [0.15, 0.2) is 0 Å². The lowest BCUT2D eigenvalue weighted by molar-refractivity contribution is -0.0645. The molecule has 8 nitrogen and oxygen atoms in total. The Morgan fingerprint density at radius 3 is 1.31 bits per heavy atom. The molecule has 0 spiro atoms. The fourth-order valence-corrected chi connectivity index (χ4v) is 2.51. The van der Waals surface area contributed by atoms with E-state index in [1.807, 2.05) is 0 Å². The molecule has 0 aliphatic carbocycles. The van der Waals surface area contributed by atoms with Crippen LogP contribution in [-0.2, 0) is 4.84 Å². The Balaban J connectivity index is 0.000000180. The van der Waals surface area contributed by atoms with Gasteiger partial charge in [0.1, 0.15) is 0 Å². The molecule has 0 saturated heterocycles. The Kier molecular flexibility index (Phi) is 5.30. The monoisotopic (exact) mass is 356 g/mol. The zero-order valence-electron chi connectivity index (χ0n) is 13.0. The minimum Gasteiger partial charge on any atom is -0.278 e. The van der Waals surface area contributed by atoms with Gasteiger partial charge in [-0.25, -0.2) is 0 Å². The molecule has 0 bridgehead atoms. The van der Waals surface area contributed by atoms with Gasteiger partial charge in [0.2, 0.25) is 0 Å². The first kappa shape index (κ1) is 19.0. The predicted octanol–water partition coefficient (Wildman–Crippen LogP) is 2.15. The highest BCUT2D eigenvalue weighted by atomic mass is 16.7. The number of hydrogen-bond donors (Lipinski definition) is 1. The third-order valence-corrected chi connectivity index (χ3v) is 3.71. The van der Waals surface area contributed by atoms with E-state index in [2.05, 4.69) is 4.84 Å². The number of fused-ring (bicyclic) bond motifs is 2. The molecule has 0 saturated carbocycles. The lowest BCUT2D eigenvalue weighted by Gasteiger charge is -2.07. The van der Waals surface area contributed by atoms with Crippen LogP contribution in [0.3, 0.4) is 0 Å². The van der Waals surface area contributed by atoms with Gasteiger partial charge in [0.25, 0.3) is 23.6 Å². The predicted molar refractivity (Wildman–Crippen MR) is 89.4 cm³/mol. The summed E-state index contributed by atoms with van der Waals surface area (Å²) in [7, 11) is 1.29. The van der Waals surface area contributed by atoms with Crippen molar-refractivity contribution >= 4 is 23.6 Å². The molecule has 8 heteroatoms. The van der Waals surface area contributed by atoms with E-state index in [1.54, 1.807) is 36.4 Å². The van der Waals surface area contributed by atoms with Crippen molar-refractivity contribution in [2.45, 2.75) is 7.43 Å². The van der Waals surface area contributed by atoms with Crippen molar-refractivity contribution in [1.29, 1.82) is 0 Å². The molecule has 2 aromatic carbocycles. The molecule has 2 aliphatic rings. The lowest BCUT2D eigenvalue weighted by Crippen LogP contribution is -2.28. The van der Waals surface area contributed by atoms with Gasteiger partial charge in [-0.15, -0.1) is 10.1 Å². The van der Waals surface area contributed by atoms with Crippen LogP contribution in [0, 0.1) is 0 Å². The number of carbonyl (C=O) groups is 4. The van der Waals surface area contributed by atoms with Crippen LogP contribution in [0.5, 0.6) is 0 Å². The summed E-state index contributed by atoms with van der Waals surface area (Å²) in [5.41, 5.74) is 1.30. The summed E-state index contributed by atoms with van der Waals surface area (Å²) in [6, 6.07) is 12.9. The van der Waals surface area contributed by atoms with E-state index >= 15 is 0 Å². The topological polar surface area (TPSA) is 104 Å². The van der Waals surface area contributed by atoms with Crippen LogP contribution in [0.25, 0.3) is 0 Å². The molecule has 1 N–H and O–H groups in total. The summed E-state index contributed by atoms with van der Waals surface area (Å²) in [5.74, 6) is -2.11. The van der Waals surface area contributed by atoms with Crippen molar-refractivity contribution in [2.75, 3.05) is 7.11 Å². The maximum atomic E-state index is 11.4. The van der Waals surface area contributed by atoms with Gasteiger partial charge < -0.3 is 0 Å².